The molecular weight excluding hydrogens is 338 g/mol. The van der Waals surface area contributed by atoms with Crippen molar-refractivity contribution in [2.75, 3.05) is 0 Å². The van der Waals surface area contributed by atoms with E-state index in [-0.39, 0.29) is 5.91 Å². The third kappa shape index (κ3) is 2.79. The van der Waals surface area contributed by atoms with Gasteiger partial charge in [0, 0.05) is 11.3 Å². The minimum Gasteiger partial charge on any atom is -0.346 e. The minimum atomic E-state index is -0.138. The maximum Gasteiger partial charge on any atom is 0.253 e. The van der Waals surface area contributed by atoms with Gasteiger partial charge in [-0.1, -0.05) is 36.4 Å². The first-order valence-electron chi connectivity index (χ1n) is 9.17. The fourth-order valence-corrected chi connectivity index (χ4v) is 3.74. The number of rotatable bonds is 4. The summed E-state index contributed by atoms with van der Waals surface area (Å²) in [5.41, 5.74) is 6.50. The zero-order valence-electron chi connectivity index (χ0n) is 14.7. The summed E-state index contributed by atoms with van der Waals surface area (Å²) in [4.78, 5) is 20.8. The number of hydrogen-bond donors (Lipinski definition) is 3. The van der Waals surface area contributed by atoms with E-state index in [4.69, 9.17) is 0 Å². The molecule has 0 spiro atoms. The van der Waals surface area contributed by atoms with E-state index < -0.39 is 0 Å². The van der Waals surface area contributed by atoms with Crippen LogP contribution in [0, 0.1) is 0 Å². The Morgan fingerprint density at radius 3 is 2.85 bits per heavy atom. The molecule has 3 N–H and O–H groups in total. The average Bonchev–Trinajstić information content (AvgIpc) is 3.42. The Balaban J connectivity index is 1.42. The van der Waals surface area contributed by atoms with E-state index >= 15 is 0 Å². The molecule has 27 heavy (non-hydrogen) atoms. The van der Waals surface area contributed by atoms with Crippen LogP contribution in [0.25, 0.3) is 22.4 Å². The number of imidazole rings is 1. The number of benzene rings is 2. The molecule has 2 aromatic heterocycles. The van der Waals surface area contributed by atoms with E-state index in [1.54, 1.807) is 0 Å². The maximum atomic E-state index is 12.8. The molecule has 0 saturated heterocycles. The quantitative estimate of drug-likeness (QED) is 0.523. The molecule has 0 radical (unpaired) electrons. The molecule has 0 saturated carbocycles. The topological polar surface area (TPSA) is 86.5 Å². The average molecular weight is 357 g/mol. The van der Waals surface area contributed by atoms with Crippen LogP contribution in [0.2, 0.25) is 0 Å². The lowest BCUT2D eigenvalue weighted by molar-refractivity contribution is 0.0952. The Bertz CT molecular complexity index is 1130. The second kappa shape index (κ2) is 6.39. The molecule has 0 fully saturated rings. The van der Waals surface area contributed by atoms with Crippen molar-refractivity contribution >= 4 is 16.9 Å². The highest BCUT2D eigenvalue weighted by Gasteiger charge is 2.19. The largest absolute Gasteiger partial charge is 0.346 e. The number of H-pyrrole nitrogens is 2. The van der Waals surface area contributed by atoms with Crippen LogP contribution in [0.4, 0.5) is 0 Å². The molecule has 0 unspecified atom stereocenters. The summed E-state index contributed by atoms with van der Waals surface area (Å²) in [6.07, 6.45) is 3.23. The zero-order valence-corrected chi connectivity index (χ0v) is 14.7. The minimum absolute atomic E-state index is 0.138. The van der Waals surface area contributed by atoms with Crippen LogP contribution in [0.3, 0.4) is 0 Å². The highest BCUT2D eigenvalue weighted by Crippen LogP contribution is 2.24. The first kappa shape index (κ1) is 15.8. The number of nitrogens with zero attached hydrogens (tertiary/aromatic N) is 2. The predicted molar refractivity (Wildman–Crippen MR) is 103 cm³/mol. The van der Waals surface area contributed by atoms with Gasteiger partial charge in [-0.15, -0.1) is 0 Å². The lowest BCUT2D eigenvalue weighted by atomic mass is 10.1. The number of carbonyl (C=O) groups is 1. The first-order valence-corrected chi connectivity index (χ1v) is 9.17. The van der Waals surface area contributed by atoms with Crippen LogP contribution in [0.15, 0.2) is 48.5 Å². The van der Waals surface area contributed by atoms with Crippen molar-refractivity contribution in [1.29, 1.82) is 0 Å². The lowest BCUT2D eigenvalue weighted by Gasteiger charge is -2.05. The Morgan fingerprint density at radius 2 is 1.96 bits per heavy atom. The summed E-state index contributed by atoms with van der Waals surface area (Å²) in [6.45, 7) is 0.428. The van der Waals surface area contributed by atoms with E-state index in [0.29, 0.717) is 17.6 Å². The molecule has 6 nitrogen and oxygen atoms in total. The van der Waals surface area contributed by atoms with Crippen LogP contribution in [0.1, 0.15) is 33.7 Å². The van der Waals surface area contributed by atoms with E-state index in [1.807, 2.05) is 48.5 Å². The van der Waals surface area contributed by atoms with Crippen molar-refractivity contribution in [3.05, 3.63) is 71.0 Å². The van der Waals surface area contributed by atoms with E-state index in [1.165, 1.54) is 11.3 Å². The Hall–Kier alpha value is -3.41. The fourth-order valence-electron chi connectivity index (χ4n) is 3.74. The number of amides is 1. The van der Waals surface area contributed by atoms with Crippen LogP contribution in [-0.4, -0.2) is 26.1 Å². The monoisotopic (exact) mass is 357 g/mol. The Morgan fingerprint density at radius 1 is 1.07 bits per heavy atom. The third-order valence-corrected chi connectivity index (χ3v) is 5.11. The summed E-state index contributed by atoms with van der Waals surface area (Å²) in [6, 6.07) is 15.5. The molecular formula is C21H19N5O. The van der Waals surface area contributed by atoms with Gasteiger partial charge >= 0.3 is 0 Å². The molecule has 0 bridgehead atoms. The molecule has 5 rings (SSSR count). The van der Waals surface area contributed by atoms with Gasteiger partial charge in [-0.2, -0.15) is 5.10 Å². The molecule has 2 heterocycles. The van der Waals surface area contributed by atoms with Gasteiger partial charge in [0.15, 0.2) is 0 Å². The number of para-hydroxylation sites is 1. The second-order valence-corrected chi connectivity index (χ2v) is 6.82. The smallest absolute Gasteiger partial charge is 0.253 e. The Labute approximate surface area is 156 Å². The molecule has 134 valence electrons. The van der Waals surface area contributed by atoms with Crippen molar-refractivity contribution in [1.82, 2.24) is 25.5 Å². The maximum absolute atomic E-state index is 12.8. The molecule has 1 aliphatic carbocycles. The lowest BCUT2D eigenvalue weighted by Crippen LogP contribution is -2.23. The normalized spacial score (nSPS) is 13.0. The van der Waals surface area contributed by atoms with E-state index in [9.17, 15) is 4.79 Å². The number of carbonyl (C=O) groups excluding carboxylic acids is 1. The standard InChI is InChI=1S/C21H19N5O/c27-21(22-12-18-14-8-4-10-16(14)25-26-18)15-9-5-11-17-19(15)24-20(23-17)13-6-2-1-3-7-13/h1-3,5-7,9,11H,4,8,10,12H2,(H,22,27)(H,23,24)(H,25,26). The van der Waals surface area contributed by atoms with Gasteiger partial charge < -0.3 is 10.3 Å². The fraction of sp³-hybridized carbons (Fsp3) is 0.190. The van der Waals surface area contributed by atoms with Gasteiger partial charge in [0.25, 0.3) is 5.91 Å². The molecule has 0 atom stereocenters. The van der Waals surface area contributed by atoms with E-state index in [0.717, 1.165) is 41.9 Å². The number of aryl methyl sites for hydroxylation is 1. The first-order chi connectivity index (χ1) is 13.3. The molecule has 1 aliphatic rings. The predicted octanol–water partition coefficient (Wildman–Crippen LogP) is 3.37. The summed E-state index contributed by atoms with van der Waals surface area (Å²) in [5.74, 6) is 0.623. The van der Waals surface area contributed by atoms with Gasteiger partial charge in [-0.05, 0) is 37.0 Å². The number of hydrogen-bond acceptors (Lipinski definition) is 3. The Kier molecular flexibility index (Phi) is 3.74. The molecule has 6 heteroatoms. The van der Waals surface area contributed by atoms with Crippen LogP contribution in [-0.2, 0) is 19.4 Å². The summed E-state index contributed by atoms with van der Waals surface area (Å²) in [5, 5.41) is 10.4. The van der Waals surface area contributed by atoms with Gasteiger partial charge in [0.2, 0.25) is 0 Å². The molecule has 0 aliphatic heterocycles. The highest BCUT2D eigenvalue weighted by atomic mass is 16.1. The highest BCUT2D eigenvalue weighted by molar-refractivity contribution is 6.05. The van der Waals surface area contributed by atoms with Gasteiger partial charge in [-0.25, -0.2) is 4.98 Å². The third-order valence-electron chi connectivity index (χ3n) is 5.11. The van der Waals surface area contributed by atoms with Gasteiger partial charge in [-0.3, -0.25) is 9.89 Å². The molecule has 2 aromatic carbocycles. The van der Waals surface area contributed by atoms with Crippen LogP contribution >= 0.6 is 0 Å². The van der Waals surface area contributed by atoms with Crippen LogP contribution < -0.4 is 5.32 Å². The van der Waals surface area contributed by atoms with Gasteiger partial charge in [0.1, 0.15) is 11.3 Å². The number of nitrogens with one attached hydrogen (secondary N) is 3. The molecule has 1 amide bonds. The van der Waals surface area contributed by atoms with Gasteiger partial charge in [0.05, 0.1) is 23.3 Å². The van der Waals surface area contributed by atoms with Crippen molar-refractivity contribution in [2.45, 2.75) is 25.8 Å². The molecule has 4 aromatic rings. The number of fused-ring (bicyclic) bond motifs is 2. The zero-order chi connectivity index (χ0) is 18.2. The number of aromatic amines is 2. The van der Waals surface area contributed by atoms with Crippen molar-refractivity contribution in [3.8, 4) is 11.4 Å². The summed E-state index contributed by atoms with van der Waals surface area (Å²) in [7, 11) is 0. The van der Waals surface area contributed by atoms with E-state index in [2.05, 4.69) is 25.5 Å². The number of aromatic nitrogens is 4. The second-order valence-electron chi connectivity index (χ2n) is 6.82. The van der Waals surface area contributed by atoms with Crippen molar-refractivity contribution in [2.24, 2.45) is 0 Å². The summed E-state index contributed by atoms with van der Waals surface area (Å²) < 4.78 is 0. The van der Waals surface area contributed by atoms with Crippen molar-refractivity contribution < 1.29 is 4.79 Å². The van der Waals surface area contributed by atoms with Crippen molar-refractivity contribution in [3.63, 3.8) is 0 Å². The SMILES string of the molecule is O=C(NCc1n[nH]c2c1CCC2)c1cccc2[nH]c(-c3ccccc3)nc12. The van der Waals surface area contributed by atoms with Crippen LogP contribution in [0.5, 0.6) is 0 Å². The summed E-state index contributed by atoms with van der Waals surface area (Å²) >= 11 is 0.